The predicted octanol–water partition coefficient (Wildman–Crippen LogP) is 8.34. The molecular weight excluding hydrogens is 468 g/mol. The van der Waals surface area contributed by atoms with Gasteiger partial charge in [-0.3, -0.25) is 14.4 Å². The number of rotatable bonds is 3. The summed E-state index contributed by atoms with van der Waals surface area (Å²) < 4.78 is 8.59. The van der Waals surface area contributed by atoms with Gasteiger partial charge in [0.15, 0.2) is 0 Å². The van der Waals surface area contributed by atoms with Crippen molar-refractivity contribution in [2.45, 2.75) is 26.2 Å². The number of imidazole rings is 1. The zero-order valence-electron chi connectivity index (χ0n) is 21.5. The van der Waals surface area contributed by atoms with Crippen LogP contribution in [0.25, 0.3) is 49.7 Å². The minimum atomic E-state index is 0.0545. The number of para-hydroxylation sites is 2. The first kappa shape index (κ1) is 22.4. The number of ether oxygens (including phenoxy) is 1. The number of hydrogen-bond donors (Lipinski definition) is 0. The first-order valence-electron chi connectivity index (χ1n) is 12.8. The van der Waals surface area contributed by atoms with Crippen LogP contribution in [0.5, 0.6) is 11.5 Å². The van der Waals surface area contributed by atoms with Gasteiger partial charge in [0.2, 0.25) is 0 Å². The quantitative estimate of drug-likeness (QED) is 0.232. The highest BCUT2D eigenvalue weighted by Gasteiger charge is 2.16. The molecule has 0 saturated heterocycles. The van der Waals surface area contributed by atoms with Crippen LogP contribution in [0, 0.1) is 0 Å². The van der Waals surface area contributed by atoms with E-state index in [1.807, 2.05) is 60.9 Å². The molecule has 0 saturated carbocycles. The van der Waals surface area contributed by atoms with Crippen molar-refractivity contribution in [2.75, 3.05) is 0 Å². The SMILES string of the molecule is CC(C)(C)c1ccnc(-c2cccc(Oc3ccc4c(c3)c3nc5ccccc5n3c3cccnc43)c2)c1. The number of nitrogens with zero attached hydrogens (tertiary/aromatic N) is 4. The number of pyridine rings is 3. The van der Waals surface area contributed by atoms with Crippen LogP contribution >= 0.6 is 0 Å². The molecule has 184 valence electrons. The lowest BCUT2D eigenvalue weighted by molar-refractivity contribution is 0.483. The largest absolute Gasteiger partial charge is 0.457 e. The Morgan fingerprint density at radius 1 is 0.684 bits per heavy atom. The molecule has 5 heteroatoms. The number of aromatic nitrogens is 4. The molecule has 0 radical (unpaired) electrons. The van der Waals surface area contributed by atoms with Crippen molar-refractivity contribution in [3.63, 3.8) is 0 Å². The molecule has 7 aromatic rings. The van der Waals surface area contributed by atoms with E-state index in [1.165, 1.54) is 5.56 Å². The van der Waals surface area contributed by atoms with E-state index in [0.717, 1.165) is 61.2 Å². The maximum absolute atomic E-state index is 6.40. The normalized spacial score (nSPS) is 12.1. The molecule has 0 unspecified atom stereocenters. The second kappa shape index (κ2) is 8.38. The molecule has 0 bridgehead atoms. The van der Waals surface area contributed by atoms with Crippen molar-refractivity contribution >= 4 is 38.5 Å². The van der Waals surface area contributed by atoms with Gasteiger partial charge in [0.25, 0.3) is 0 Å². The van der Waals surface area contributed by atoms with E-state index in [1.54, 1.807) is 0 Å². The van der Waals surface area contributed by atoms with Gasteiger partial charge in [-0.2, -0.15) is 0 Å². The van der Waals surface area contributed by atoms with E-state index in [2.05, 4.69) is 72.6 Å². The summed E-state index contributed by atoms with van der Waals surface area (Å²) in [7, 11) is 0. The lowest BCUT2D eigenvalue weighted by atomic mass is 9.87. The Labute approximate surface area is 220 Å². The Hall–Kier alpha value is -4.77. The molecule has 0 aliphatic heterocycles. The van der Waals surface area contributed by atoms with Gasteiger partial charge in [-0.25, -0.2) is 4.98 Å². The molecule has 4 aromatic heterocycles. The van der Waals surface area contributed by atoms with E-state index in [9.17, 15) is 0 Å². The second-order valence-electron chi connectivity index (χ2n) is 10.6. The third-order valence-corrected chi connectivity index (χ3v) is 7.07. The van der Waals surface area contributed by atoms with Gasteiger partial charge in [-0.1, -0.05) is 45.0 Å². The lowest BCUT2D eigenvalue weighted by Gasteiger charge is -2.19. The van der Waals surface area contributed by atoms with Gasteiger partial charge in [-0.15, -0.1) is 0 Å². The molecule has 0 amide bonds. The van der Waals surface area contributed by atoms with Crippen LogP contribution in [0.15, 0.2) is 103 Å². The van der Waals surface area contributed by atoms with Crippen molar-refractivity contribution in [3.05, 3.63) is 109 Å². The van der Waals surface area contributed by atoms with E-state index < -0.39 is 0 Å². The summed E-state index contributed by atoms with van der Waals surface area (Å²) in [6.45, 7) is 6.64. The van der Waals surface area contributed by atoms with Gasteiger partial charge in [0.1, 0.15) is 17.1 Å². The van der Waals surface area contributed by atoms with Crippen molar-refractivity contribution in [2.24, 2.45) is 0 Å². The first-order chi connectivity index (χ1) is 18.5. The highest BCUT2D eigenvalue weighted by atomic mass is 16.5. The maximum atomic E-state index is 6.40. The van der Waals surface area contributed by atoms with Gasteiger partial charge in [-0.05, 0) is 77.7 Å². The Balaban J connectivity index is 1.35. The topological polar surface area (TPSA) is 52.3 Å². The molecule has 0 aliphatic carbocycles. The summed E-state index contributed by atoms with van der Waals surface area (Å²) in [5.41, 5.74) is 8.14. The summed E-state index contributed by atoms with van der Waals surface area (Å²) in [5, 5.41) is 2.05. The van der Waals surface area contributed by atoms with Gasteiger partial charge in [0, 0.05) is 28.7 Å². The summed E-state index contributed by atoms with van der Waals surface area (Å²) in [6.07, 6.45) is 3.72. The molecule has 0 spiro atoms. The van der Waals surface area contributed by atoms with Gasteiger partial charge in [0.05, 0.1) is 27.8 Å². The molecule has 3 aromatic carbocycles. The van der Waals surface area contributed by atoms with Crippen molar-refractivity contribution < 1.29 is 4.74 Å². The smallest absolute Gasteiger partial charge is 0.146 e. The molecule has 0 N–H and O–H groups in total. The van der Waals surface area contributed by atoms with E-state index in [-0.39, 0.29) is 5.41 Å². The van der Waals surface area contributed by atoms with E-state index >= 15 is 0 Å². The molecule has 4 heterocycles. The standard InChI is InChI=1S/C33H26N4O/c1-33(2,3)22-15-17-34-28(19-22)21-8-6-9-23(18-21)38-24-13-14-25-26(20-24)32-36-27-10-4-5-11-29(27)37(32)30-12-7-16-35-31(25)30/h4-20H,1-3H3. The Morgan fingerprint density at radius 2 is 1.53 bits per heavy atom. The highest BCUT2D eigenvalue weighted by Crippen LogP contribution is 2.35. The molecule has 0 aliphatic rings. The van der Waals surface area contributed by atoms with Crippen LogP contribution < -0.4 is 4.74 Å². The summed E-state index contributed by atoms with van der Waals surface area (Å²) in [4.78, 5) is 14.3. The van der Waals surface area contributed by atoms with Crippen LogP contribution in [-0.2, 0) is 5.41 Å². The predicted molar refractivity (Wildman–Crippen MR) is 154 cm³/mol. The van der Waals surface area contributed by atoms with Crippen LogP contribution in [0.4, 0.5) is 0 Å². The Kier molecular flexibility index (Phi) is 4.95. The highest BCUT2D eigenvalue weighted by molar-refractivity contribution is 6.12. The van der Waals surface area contributed by atoms with Crippen LogP contribution in [0.2, 0.25) is 0 Å². The third-order valence-electron chi connectivity index (χ3n) is 7.07. The minimum Gasteiger partial charge on any atom is -0.457 e. The molecule has 0 fully saturated rings. The molecule has 0 atom stereocenters. The second-order valence-corrected chi connectivity index (χ2v) is 10.6. The first-order valence-corrected chi connectivity index (χ1v) is 12.8. The summed E-state index contributed by atoms with van der Waals surface area (Å²) in [6, 6.07) is 30.8. The van der Waals surface area contributed by atoms with E-state index in [4.69, 9.17) is 14.7 Å². The third kappa shape index (κ3) is 3.67. The van der Waals surface area contributed by atoms with Crippen LogP contribution in [0.3, 0.4) is 0 Å². The molecule has 5 nitrogen and oxygen atoms in total. The Bertz CT molecular complexity index is 2000. The van der Waals surface area contributed by atoms with E-state index in [0.29, 0.717) is 0 Å². The van der Waals surface area contributed by atoms with Crippen molar-refractivity contribution in [3.8, 4) is 22.8 Å². The maximum Gasteiger partial charge on any atom is 0.146 e. The zero-order chi connectivity index (χ0) is 25.9. The number of fused-ring (bicyclic) bond motifs is 8. The van der Waals surface area contributed by atoms with Gasteiger partial charge >= 0.3 is 0 Å². The van der Waals surface area contributed by atoms with Crippen LogP contribution in [-0.4, -0.2) is 19.4 Å². The summed E-state index contributed by atoms with van der Waals surface area (Å²) in [5.74, 6) is 1.50. The monoisotopic (exact) mass is 494 g/mol. The minimum absolute atomic E-state index is 0.0545. The average Bonchev–Trinajstić information content (AvgIpc) is 3.33. The van der Waals surface area contributed by atoms with Gasteiger partial charge < -0.3 is 4.74 Å². The molecular formula is C33H26N4O. The zero-order valence-corrected chi connectivity index (χ0v) is 21.5. The van der Waals surface area contributed by atoms with Crippen molar-refractivity contribution in [1.82, 2.24) is 19.4 Å². The van der Waals surface area contributed by atoms with Crippen LogP contribution in [0.1, 0.15) is 26.3 Å². The number of hydrogen-bond acceptors (Lipinski definition) is 4. The number of benzene rings is 3. The molecule has 38 heavy (non-hydrogen) atoms. The van der Waals surface area contributed by atoms with Crippen molar-refractivity contribution in [1.29, 1.82) is 0 Å². The fourth-order valence-corrected chi connectivity index (χ4v) is 5.12. The fraction of sp³-hybridized carbons (Fsp3) is 0.121. The Morgan fingerprint density at radius 3 is 2.42 bits per heavy atom. The summed E-state index contributed by atoms with van der Waals surface area (Å²) >= 11 is 0. The molecule has 7 rings (SSSR count). The fourth-order valence-electron chi connectivity index (χ4n) is 5.12. The average molecular weight is 495 g/mol. The lowest BCUT2D eigenvalue weighted by Crippen LogP contribution is -2.11.